The molecule has 1 aliphatic carbocycles. The lowest BCUT2D eigenvalue weighted by Gasteiger charge is -2.27. The van der Waals surface area contributed by atoms with Gasteiger partial charge in [0, 0.05) is 5.56 Å². The van der Waals surface area contributed by atoms with Gasteiger partial charge in [-0.25, -0.2) is 4.79 Å². The van der Waals surface area contributed by atoms with Gasteiger partial charge in [0.05, 0.1) is 19.3 Å². The zero-order chi connectivity index (χ0) is 16.7. The molecule has 0 atom stereocenters. The van der Waals surface area contributed by atoms with Crippen molar-refractivity contribution in [3.8, 4) is 0 Å². The van der Waals surface area contributed by atoms with Crippen LogP contribution in [0.15, 0.2) is 24.3 Å². The molecule has 1 aromatic rings. The van der Waals surface area contributed by atoms with Crippen molar-refractivity contribution < 1.29 is 19.1 Å². The molecule has 4 nitrogen and oxygen atoms in total. The molecule has 4 heteroatoms. The Hall–Kier alpha value is -1.68. The Bertz CT molecular complexity index is 530. The van der Waals surface area contributed by atoms with E-state index in [0.29, 0.717) is 23.7 Å². The molecule has 1 saturated carbocycles. The molecule has 0 amide bonds. The third-order valence-corrected chi connectivity index (χ3v) is 4.74. The lowest BCUT2D eigenvalue weighted by atomic mass is 9.81. The first-order chi connectivity index (χ1) is 11.1. The molecule has 1 aromatic carbocycles. The van der Waals surface area contributed by atoms with E-state index in [9.17, 15) is 9.59 Å². The number of methoxy groups -OCH3 is 1. The summed E-state index contributed by atoms with van der Waals surface area (Å²) in [5.41, 5.74) is 0.874. The van der Waals surface area contributed by atoms with E-state index in [1.165, 1.54) is 39.2 Å². The van der Waals surface area contributed by atoms with Crippen LogP contribution in [0.25, 0.3) is 0 Å². The van der Waals surface area contributed by atoms with E-state index in [2.05, 4.69) is 11.7 Å². The van der Waals surface area contributed by atoms with Gasteiger partial charge in [0.25, 0.3) is 0 Å². The van der Waals surface area contributed by atoms with Gasteiger partial charge in [-0.3, -0.25) is 4.79 Å². The average molecular weight is 318 g/mol. The topological polar surface area (TPSA) is 52.6 Å². The number of hydrogen-bond donors (Lipinski definition) is 0. The third kappa shape index (κ3) is 5.17. The quantitative estimate of drug-likeness (QED) is 0.565. The minimum Gasteiger partial charge on any atom is -0.465 e. The van der Waals surface area contributed by atoms with Gasteiger partial charge in [-0.1, -0.05) is 38.3 Å². The fourth-order valence-corrected chi connectivity index (χ4v) is 3.15. The van der Waals surface area contributed by atoms with E-state index in [0.717, 1.165) is 5.92 Å². The molecule has 0 saturated heterocycles. The SMILES string of the molecule is CCC1CCC(COCC(=O)c2cccc(C(=O)OC)c2)CC1. The van der Waals surface area contributed by atoms with Crippen molar-refractivity contribution >= 4 is 11.8 Å². The molecule has 23 heavy (non-hydrogen) atoms. The molecule has 126 valence electrons. The number of benzene rings is 1. The summed E-state index contributed by atoms with van der Waals surface area (Å²) in [6.45, 7) is 2.97. The summed E-state index contributed by atoms with van der Waals surface area (Å²) in [6.07, 6.45) is 6.22. The first kappa shape index (κ1) is 17.7. The van der Waals surface area contributed by atoms with E-state index in [1.54, 1.807) is 24.3 Å². The molecule has 0 aliphatic heterocycles. The number of ether oxygens (including phenoxy) is 2. The monoisotopic (exact) mass is 318 g/mol. The lowest BCUT2D eigenvalue weighted by Crippen LogP contribution is -2.20. The van der Waals surface area contributed by atoms with Crippen LogP contribution in [0.3, 0.4) is 0 Å². The molecule has 0 spiro atoms. The van der Waals surface area contributed by atoms with Gasteiger partial charge in [0.15, 0.2) is 5.78 Å². The van der Waals surface area contributed by atoms with Gasteiger partial charge in [-0.15, -0.1) is 0 Å². The van der Waals surface area contributed by atoms with E-state index in [-0.39, 0.29) is 12.4 Å². The molecule has 0 N–H and O–H groups in total. The van der Waals surface area contributed by atoms with Crippen molar-refractivity contribution in [3.05, 3.63) is 35.4 Å². The van der Waals surface area contributed by atoms with Gasteiger partial charge in [-0.05, 0) is 36.8 Å². The van der Waals surface area contributed by atoms with Crippen LogP contribution in [0.2, 0.25) is 0 Å². The molecule has 1 aliphatic rings. The smallest absolute Gasteiger partial charge is 0.337 e. The number of hydrogen-bond acceptors (Lipinski definition) is 4. The van der Waals surface area contributed by atoms with Crippen molar-refractivity contribution in [2.24, 2.45) is 11.8 Å². The minimum atomic E-state index is -0.437. The van der Waals surface area contributed by atoms with Gasteiger partial charge < -0.3 is 9.47 Å². The molecule has 0 heterocycles. The molecule has 0 aromatic heterocycles. The van der Waals surface area contributed by atoms with Gasteiger partial charge in [0.1, 0.15) is 6.61 Å². The maximum absolute atomic E-state index is 12.2. The van der Waals surface area contributed by atoms with Crippen LogP contribution in [0.1, 0.15) is 59.7 Å². The Morgan fingerprint density at radius 1 is 1.09 bits per heavy atom. The normalized spacial score (nSPS) is 21.0. The highest BCUT2D eigenvalue weighted by atomic mass is 16.5. The summed E-state index contributed by atoms with van der Waals surface area (Å²) in [4.78, 5) is 23.7. The highest BCUT2D eigenvalue weighted by Gasteiger charge is 2.20. The van der Waals surface area contributed by atoms with Crippen LogP contribution in [-0.2, 0) is 9.47 Å². The zero-order valence-electron chi connectivity index (χ0n) is 14.0. The summed E-state index contributed by atoms with van der Waals surface area (Å²) >= 11 is 0. The van der Waals surface area contributed by atoms with Gasteiger partial charge in [-0.2, -0.15) is 0 Å². The summed E-state index contributed by atoms with van der Waals surface area (Å²) < 4.78 is 10.3. The number of carbonyl (C=O) groups excluding carboxylic acids is 2. The summed E-state index contributed by atoms with van der Waals surface area (Å²) in [7, 11) is 1.33. The predicted molar refractivity (Wildman–Crippen MR) is 88.7 cm³/mol. The number of Topliss-reactive ketones (excluding diaryl/α,β-unsaturated/α-hetero) is 1. The van der Waals surface area contributed by atoms with Gasteiger partial charge >= 0.3 is 5.97 Å². The van der Waals surface area contributed by atoms with Crippen LogP contribution >= 0.6 is 0 Å². The Morgan fingerprint density at radius 2 is 1.74 bits per heavy atom. The maximum Gasteiger partial charge on any atom is 0.337 e. The Labute approximate surface area is 138 Å². The van der Waals surface area contributed by atoms with E-state index < -0.39 is 5.97 Å². The van der Waals surface area contributed by atoms with Crippen molar-refractivity contribution in [3.63, 3.8) is 0 Å². The fraction of sp³-hybridized carbons (Fsp3) is 0.579. The molecule has 2 rings (SSSR count). The number of carbonyl (C=O) groups is 2. The third-order valence-electron chi connectivity index (χ3n) is 4.74. The fourth-order valence-electron chi connectivity index (χ4n) is 3.15. The standard InChI is InChI=1S/C19H26O4/c1-3-14-7-9-15(10-8-14)12-23-13-18(20)16-5-4-6-17(11-16)19(21)22-2/h4-6,11,14-15H,3,7-10,12-13H2,1-2H3. The molecule has 0 bridgehead atoms. The Balaban J connectivity index is 1.78. The number of ketones is 1. The maximum atomic E-state index is 12.2. The largest absolute Gasteiger partial charge is 0.465 e. The summed E-state index contributed by atoms with van der Waals surface area (Å²) in [5, 5.41) is 0. The van der Waals surface area contributed by atoms with Crippen molar-refractivity contribution in [1.82, 2.24) is 0 Å². The van der Waals surface area contributed by atoms with Crippen LogP contribution in [-0.4, -0.2) is 32.1 Å². The van der Waals surface area contributed by atoms with E-state index in [4.69, 9.17) is 4.74 Å². The van der Waals surface area contributed by atoms with Gasteiger partial charge in [0.2, 0.25) is 0 Å². The zero-order valence-corrected chi connectivity index (χ0v) is 14.0. The predicted octanol–water partition coefficient (Wildman–Crippen LogP) is 3.89. The highest BCUT2D eigenvalue weighted by molar-refractivity contribution is 5.99. The van der Waals surface area contributed by atoms with Crippen molar-refractivity contribution in [2.75, 3.05) is 20.3 Å². The molecular weight excluding hydrogens is 292 g/mol. The van der Waals surface area contributed by atoms with Crippen molar-refractivity contribution in [1.29, 1.82) is 0 Å². The van der Waals surface area contributed by atoms with Crippen LogP contribution in [0.5, 0.6) is 0 Å². The van der Waals surface area contributed by atoms with E-state index in [1.807, 2.05) is 0 Å². The summed E-state index contributed by atoms with van der Waals surface area (Å²) in [6, 6.07) is 6.58. The average Bonchev–Trinajstić information content (AvgIpc) is 2.61. The second-order valence-electron chi connectivity index (χ2n) is 6.31. The molecule has 1 fully saturated rings. The van der Waals surface area contributed by atoms with Crippen LogP contribution in [0.4, 0.5) is 0 Å². The number of esters is 1. The lowest BCUT2D eigenvalue weighted by molar-refractivity contribution is 0.0596. The Morgan fingerprint density at radius 3 is 2.39 bits per heavy atom. The van der Waals surface area contributed by atoms with Crippen LogP contribution in [0, 0.1) is 11.8 Å². The Kier molecular flexibility index (Phi) is 6.78. The molecular formula is C19H26O4. The number of rotatable bonds is 7. The minimum absolute atomic E-state index is 0.0678. The van der Waals surface area contributed by atoms with Crippen LogP contribution < -0.4 is 0 Å². The van der Waals surface area contributed by atoms with Crippen molar-refractivity contribution in [2.45, 2.75) is 39.0 Å². The first-order valence-corrected chi connectivity index (χ1v) is 8.43. The molecule has 0 radical (unpaired) electrons. The second kappa shape index (κ2) is 8.82. The second-order valence-corrected chi connectivity index (χ2v) is 6.31. The first-order valence-electron chi connectivity index (χ1n) is 8.43. The summed E-state index contributed by atoms with van der Waals surface area (Å²) in [5.74, 6) is 0.909. The molecule has 0 unspecified atom stereocenters. The van der Waals surface area contributed by atoms with E-state index >= 15 is 0 Å². The highest BCUT2D eigenvalue weighted by Crippen LogP contribution is 2.30.